The fraction of sp³-hybridized carbons (Fsp3) is 0.333. The minimum Gasteiger partial charge on any atom is -0.351 e. The standard InChI is InChI=1S/C15H20N4O/c1-13(11-19-8-7-16-12-19)17-10-15(20)18-9-14-5-3-2-4-6-14/h2-8,12-13,17H,9-11H2,1H3,(H,18,20). The van der Waals surface area contributed by atoms with Gasteiger partial charge in [-0.2, -0.15) is 0 Å². The smallest absolute Gasteiger partial charge is 0.234 e. The summed E-state index contributed by atoms with van der Waals surface area (Å²) in [5.41, 5.74) is 1.10. The van der Waals surface area contributed by atoms with Gasteiger partial charge in [-0.1, -0.05) is 30.3 Å². The van der Waals surface area contributed by atoms with Crippen molar-refractivity contribution in [1.82, 2.24) is 20.2 Å². The summed E-state index contributed by atoms with van der Waals surface area (Å²) in [5.74, 6) is 0.00586. The van der Waals surface area contributed by atoms with Gasteiger partial charge in [-0.25, -0.2) is 4.98 Å². The van der Waals surface area contributed by atoms with Crippen LogP contribution in [0.3, 0.4) is 0 Å². The van der Waals surface area contributed by atoms with Crippen LogP contribution < -0.4 is 10.6 Å². The maximum atomic E-state index is 11.7. The van der Waals surface area contributed by atoms with Crippen LogP contribution in [0.25, 0.3) is 0 Å². The van der Waals surface area contributed by atoms with Gasteiger partial charge in [0.25, 0.3) is 0 Å². The molecule has 0 saturated carbocycles. The lowest BCUT2D eigenvalue weighted by molar-refractivity contribution is -0.120. The molecular formula is C15H20N4O. The van der Waals surface area contributed by atoms with Crippen molar-refractivity contribution in [3.63, 3.8) is 0 Å². The molecule has 2 N–H and O–H groups in total. The van der Waals surface area contributed by atoms with E-state index in [4.69, 9.17) is 0 Å². The van der Waals surface area contributed by atoms with Gasteiger partial charge in [-0.3, -0.25) is 4.79 Å². The molecule has 1 aromatic carbocycles. The van der Waals surface area contributed by atoms with Gasteiger partial charge in [0.05, 0.1) is 12.9 Å². The van der Waals surface area contributed by atoms with Gasteiger partial charge in [0.2, 0.25) is 5.91 Å². The topological polar surface area (TPSA) is 59.0 Å². The highest BCUT2D eigenvalue weighted by Crippen LogP contribution is 1.97. The first-order valence-electron chi connectivity index (χ1n) is 6.74. The molecule has 5 heteroatoms. The van der Waals surface area contributed by atoms with E-state index in [1.807, 2.05) is 48.0 Å². The van der Waals surface area contributed by atoms with Crippen LogP contribution in [0.1, 0.15) is 12.5 Å². The summed E-state index contributed by atoms with van der Waals surface area (Å²) >= 11 is 0. The summed E-state index contributed by atoms with van der Waals surface area (Å²) in [6.07, 6.45) is 5.43. The van der Waals surface area contributed by atoms with Gasteiger partial charge in [0.15, 0.2) is 0 Å². The number of hydrogen-bond donors (Lipinski definition) is 2. The molecule has 2 aromatic rings. The molecule has 1 atom stereocenters. The molecule has 0 spiro atoms. The van der Waals surface area contributed by atoms with Gasteiger partial charge in [-0.15, -0.1) is 0 Å². The number of benzene rings is 1. The van der Waals surface area contributed by atoms with Crippen LogP contribution in [0.2, 0.25) is 0 Å². The van der Waals surface area contributed by atoms with Crippen molar-refractivity contribution in [2.75, 3.05) is 6.54 Å². The van der Waals surface area contributed by atoms with Crippen molar-refractivity contribution in [3.8, 4) is 0 Å². The molecule has 0 radical (unpaired) electrons. The average molecular weight is 272 g/mol. The zero-order chi connectivity index (χ0) is 14.2. The van der Waals surface area contributed by atoms with Gasteiger partial charge < -0.3 is 15.2 Å². The van der Waals surface area contributed by atoms with Crippen molar-refractivity contribution < 1.29 is 4.79 Å². The van der Waals surface area contributed by atoms with Crippen molar-refractivity contribution in [2.45, 2.75) is 26.1 Å². The number of nitrogens with zero attached hydrogens (tertiary/aromatic N) is 2. The van der Waals surface area contributed by atoms with E-state index in [2.05, 4.69) is 15.6 Å². The second-order valence-electron chi connectivity index (χ2n) is 4.80. The number of carbonyl (C=O) groups is 1. The van der Waals surface area contributed by atoms with Crippen LogP contribution in [0.4, 0.5) is 0 Å². The fourth-order valence-electron chi connectivity index (χ4n) is 1.90. The van der Waals surface area contributed by atoms with Crippen LogP contribution >= 0.6 is 0 Å². The van der Waals surface area contributed by atoms with E-state index in [-0.39, 0.29) is 11.9 Å². The Morgan fingerprint density at radius 2 is 2.15 bits per heavy atom. The van der Waals surface area contributed by atoms with Crippen molar-refractivity contribution in [3.05, 3.63) is 54.6 Å². The number of rotatable bonds is 7. The minimum absolute atomic E-state index is 0.00586. The molecule has 1 heterocycles. The van der Waals surface area contributed by atoms with E-state index < -0.39 is 0 Å². The van der Waals surface area contributed by atoms with Crippen LogP contribution in [-0.2, 0) is 17.9 Å². The summed E-state index contributed by atoms with van der Waals surface area (Å²) in [5, 5.41) is 6.09. The molecule has 106 valence electrons. The average Bonchev–Trinajstić information content (AvgIpc) is 2.97. The van der Waals surface area contributed by atoms with Gasteiger partial charge in [-0.05, 0) is 12.5 Å². The van der Waals surface area contributed by atoms with E-state index in [0.717, 1.165) is 12.1 Å². The zero-order valence-electron chi connectivity index (χ0n) is 11.6. The molecule has 0 aliphatic heterocycles. The third-order valence-corrected chi connectivity index (χ3v) is 2.99. The van der Waals surface area contributed by atoms with E-state index in [9.17, 15) is 4.79 Å². The summed E-state index contributed by atoms with van der Waals surface area (Å²) in [7, 11) is 0. The predicted molar refractivity (Wildman–Crippen MR) is 78.0 cm³/mol. The monoisotopic (exact) mass is 272 g/mol. The highest BCUT2D eigenvalue weighted by atomic mass is 16.1. The lowest BCUT2D eigenvalue weighted by Gasteiger charge is -2.14. The molecule has 1 unspecified atom stereocenters. The highest BCUT2D eigenvalue weighted by molar-refractivity contribution is 5.77. The number of aromatic nitrogens is 2. The summed E-state index contributed by atoms with van der Waals surface area (Å²) in [4.78, 5) is 15.7. The molecule has 1 amide bonds. The van der Waals surface area contributed by atoms with Gasteiger partial charge in [0.1, 0.15) is 0 Å². The molecule has 20 heavy (non-hydrogen) atoms. The van der Waals surface area contributed by atoms with E-state index in [1.54, 1.807) is 12.5 Å². The van der Waals surface area contributed by atoms with E-state index in [0.29, 0.717) is 13.1 Å². The third-order valence-electron chi connectivity index (χ3n) is 2.99. The fourth-order valence-corrected chi connectivity index (χ4v) is 1.90. The van der Waals surface area contributed by atoms with Crippen molar-refractivity contribution in [2.24, 2.45) is 0 Å². The van der Waals surface area contributed by atoms with E-state index in [1.165, 1.54) is 0 Å². The van der Waals surface area contributed by atoms with Gasteiger partial charge >= 0.3 is 0 Å². The number of amides is 1. The number of carbonyl (C=O) groups excluding carboxylic acids is 1. The maximum Gasteiger partial charge on any atom is 0.234 e. The Labute approximate surface area is 119 Å². The first-order chi connectivity index (χ1) is 9.74. The Balaban J connectivity index is 1.64. The summed E-state index contributed by atoms with van der Waals surface area (Å²) in [6, 6.07) is 10.1. The normalized spacial score (nSPS) is 12.1. The lowest BCUT2D eigenvalue weighted by atomic mass is 10.2. The zero-order valence-corrected chi connectivity index (χ0v) is 11.6. The Hall–Kier alpha value is -2.14. The molecule has 0 fully saturated rings. The molecule has 2 rings (SSSR count). The van der Waals surface area contributed by atoms with Crippen molar-refractivity contribution in [1.29, 1.82) is 0 Å². The quantitative estimate of drug-likeness (QED) is 0.795. The molecule has 5 nitrogen and oxygen atoms in total. The SMILES string of the molecule is CC(Cn1ccnc1)NCC(=O)NCc1ccccc1. The van der Waals surface area contributed by atoms with E-state index >= 15 is 0 Å². The Kier molecular flexibility index (Phi) is 5.32. The minimum atomic E-state index is 0.00586. The van der Waals surface area contributed by atoms with Crippen LogP contribution in [-0.4, -0.2) is 28.0 Å². The second-order valence-corrected chi connectivity index (χ2v) is 4.80. The van der Waals surface area contributed by atoms with Gasteiger partial charge in [0, 0.05) is 31.5 Å². The third kappa shape index (κ3) is 4.85. The Morgan fingerprint density at radius 1 is 1.35 bits per heavy atom. The maximum absolute atomic E-state index is 11.7. The Morgan fingerprint density at radius 3 is 2.85 bits per heavy atom. The summed E-state index contributed by atoms with van der Waals surface area (Å²) in [6.45, 7) is 3.73. The lowest BCUT2D eigenvalue weighted by Crippen LogP contribution is -2.39. The number of imidazole rings is 1. The Bertz CT molecular complexity index is 510. The van der Waals surface area contributed by atoms with Crippen LogP contribution in [0.5, 0.6) is 0 Å². The molecule has 0 saturated heterocycles. The largest absolute Gasteiger partial charge is 0.351 e. The molecule has 0 aliphatic carbocycles. The summed E-state index contributed by atoms with van der Waals surface area (Å²) < 4.78 is 1.99. The second kappa shape index (κ2) is 7.45. The molecular weight excluding hydrogens is 252 g/mol. The molecule has 0 aliphatic rings. The number of hydrogen-bond acceptors (Lipinski definition) is 3. The number of nitrogens with one attached hydrogen (secondary N) is 2. The predicted octanol–water partition coefficient (Wildman–Crippen LogP) is 1.18. The molecule has 1 aromatic heterocycles. The van der Waals surface area contributed by atoms with Crippen LogP contribution in [0.15, 0.2) is 49.1 Å². The van der Waals surface area contributed by atoms with Crippen LogP contribution in [0, 0.1) is 0 Å². The first kappa shape index (κ1) is 14.3. The first-order valence-corrected chi connectivity index (χ1v) is 6.74. The molecule has 0 bridgehead atoms. The highest BCUT2D eigenvalue weighted by Gasteiger charge is 2.05. The van der Waals surface area contributed by atoms with Crippen molar-refractivity contribution >= 4 is 5.91 Å².